The first-order valence-electron chi connectivity index (χ1n) is 5.37. The summed E-state index contributed by atoms with van der Waals surface area (Å²) in [5, 5.41) is 14.5. The standard InChI is InChI=1S/C15H12O/c1-10-6-8-13-12-5-3-2-4-11(12)7-9-14(13)15(10)16/h2-9,16H,1H3. The molecule has 3 rings (SSSR count). The molecule has 0 aliphatic carbocycles. The number of hydrogen-bond donors (Lipinski definition) is 1. The molecule has 1 heteroatoms. The van der Waals surface area contributed by atoms with Crippen LogP contribution >= 0.6 is 0 Å². The van der Waals surface area contributed by atoms with E-state index >= 15 is 0 Å². The van der Waals surface area contributed by atoms with Crippen LogP contribution in [0, 0.1) is 6.92 Å². The van der Waals surface area contributed by atoms with Crippen LogP contribution in [-0.4, -0.2) is 5.11 Å². The Hall–Kier alpha value is -2.02. The molecule has 0 amide bonds. The highest BCUT2D eigenvalue weighted by atomic mass is 16.3. The molecule has 0 aliphatic rings. The maximum Gasteiger partial charge on any atom is 0.126 e. The fraction of sp³-hybridized carbons (Fsp3) is 0.0667. The molecule has 16 heavy (non-hydrogen) atoms. The number of fused-ring (bicyclic) bond motifs is 3. The zero-order chi connectivity index (χ0) is 11.1. The lowest BCUT2D eigenvalue weighted by Gasteiger charge is -2.07. The fourth-order valence-electron chi connectivity index (χ4n) is 2.18. The van der Waals surface area contributed by atoms with E-state index in [1.165, 1.54) is 10.8 Å². The van der Waals surface area contributed by atoms with E-state index in [4.69, 9.17) is 0 Å². The van der Waals surface area contributed by atoms with Crippen molar-refractivity contribution in [1.29, 1.82) is 0 Å². The number of aryl methyl sites for hydroxylation is 1. The molecule has 78 valence electrons. The third-order valence-corrected chi connectivity index (χ3v) is 3.10. The molecule has 0 fully saturated rings. The summed E-state index contributed by atoms with van der Waals surface area (Å²) in [6.07, 6.45) is 0. The zero-order valence-corrected chi connectivity index (χ0v) is 9.07. The summed E-state index contributed by atoms with van der Waals surface area (Å²) in [5.74, 6) is 0.392. The second-order valence-electron chi connectivity index (χ2n) is 4.11. The smallest absolute Gasteiger partial charge is 0.126 e. The van der Waals surface area contributed by atoms with E-state index in [1.54, 1.807) is 0 Å². The van der Waals surface area contributed by atoms with Crippen LogP contribution in [0.25, 0.3) is 21.5 Å². The first kappa shape index (κ1) is 9.22. The van der Waals surface area contributed by atoms with Gasteiger partial charge in [-0.25, -0.2) is 0 Å². The van der Waals surface area contributed by atoms with Crippen molar-refractivity contribution in [2.45, 2.75) is 6.92 Å². The Bertz CT molecular complexity index is 683. The van der Waals surface area contributed by atoms with E-state index in [0.29, 0.717) is 5.75 Å². The molecular formula is C15H12O. The van der Waals surface area contributed by atoms with Crippen molar-refractivity contribution in [2.24, 2.45) is 0 Å². The topological polar surface area (TPSA) is 20.2 Å². The van der Waals surface area contributed by atoms with E-state index in [1.807, 2.05) is 31.2 Å². The van der Waals surface area contributed by atoms with Gasteiger partial charge in [-0.3, -0.25) is 0 Å². The van der Waals surface area contributed by atoms with Gasteiger partial charge in [0.2, 0.25) is 0 Å². The van der Waals surface area contributed by atoms with Gasteiger partial charge < -0.3 is 5.11 Å². The largest absolute Gasteiger partial charge is 0.507 e. The van der Waals surface area contributed by atoms with E-state index in [0.717, 1.165) is 16.3 Å². The van der Waals surface area contributed by atoms with Gasteiger partial charge in [-0.15, -0.1) is 0 Å². The lowest BCUT2D eigenvalue weighted by Crippen LogP contribution is -1.81. The summed E-state index contributed by atoms with van der Waals surface area (Å²) in [7, 11) is 0. The molecule has 3 aromatic rings. The predicted octanol–water partition coefficient (Wildman–Crippen LogP) is 4.01. The van der Waals surface area contributed by atoms with Gasteiger partial charge in [-0.1, -0.05) is 48.5 Å². The number of phenolic OH excluding ortho intramolecular Hbond substituents is 1. The van der Waals surface area contributed by atoms with Gasteiger partial charge in [0.1, 0.15) is 5.75 Å². The van der Waals surface area contributed by atoms with E-state index in [9.17, 15) is 5.11 Å². The van der Waals surface area contributed by atoms with E-state index in [-0.39, 0.29) is 0 Å². The Morgan fingerprint density at radius 1 is 0.750 bits per heavy atom. The fourth-order valence-corrected chi connectivity index (χ4v) is 2.18. The normalized spacial score (nSPS) is 11.1. The molecular weight excluding hydrogens is 196 g/mol. The van der Waals surface area contributed by atoms with E-state index < -0.39 is 0 Å². The molecule has 0 radical (unpaired) electrons. The van der Waals surface area contributed by atoms with Crippen molar-refractivity contribution in [3.8, 4) is 5.75 Å². The molecule has 0 aromatic heterocycles. The Morgan fingerprint density at radius 2 is 1.50 bits per heavy atom. The van der Waals surface area contributed by atoms with Crippen LogP contribution in [0.4, 0.5) is 0 Å². The lowest BCUT2D eigenvalue weighted by molar-refractivity contribution is 0.477. The number of benzene rings is 3. The molecule has 1 N–H and O–H groups in total. The number of aromatic hydroxyl groups is 1. The van der Waals surface area contributed by atoms with Gasteiger partial charge in [-0.2, -0.15) is 0 Å². The van der Waals surface area contributed by atoms with Gasteiger partial charge in [-0.05, 0) is 28.6 Å². The third kappa shape index (κ3) is 1.18. The minimum atomic E-state index is 0.392. The highest BCUT2D eigenvalue weighted by molar-refractivity contribution is 6.09. The average molecular weight is 208 g/mol. The van der Waals surface area contributed by atoms with Crippen LogP contribution in [0.1, 0.15) is 5.56 Å². The van der Waals surface area contributed by atoms with Crippen molar-refractivity contribution >= 4 is 21.5 Å². The van der Waals surface area contributed by atoms with Crippen molar-refractivity contribution in [1.82, 2.24) is 0 Å². The molecule has 0 heterocycles. The number of rotatable bonds is 0. The SMILES string of the molecule is Cc1ccc2c(ccc3ccccc32)c1O. The Balaban J connectivity index is 2.58. The quantitative estimate of drug-likeness (QED) is 0.553. The number of hydrogen-bond acceptors (Lipinski definition) is 1. The molecule has 0 aliphatic heterocycles. The summed E-state index contributed by atoms with van der Waals surface area (Å²) in [6.45, 7) is 1.92. The van der Waals surface area contributed by atoms with Crippen LogP contribution in [0.2, 0.25) is 0 Å². The van der Waals surface area contributed by atoms with Crippen LogP contribution in [-0.2, 0) is 0 Å². The molecule has 3 aromatic carbocycles. The summed E-state index contributed by atoms with van der Waals surface area (Å²) in [4.78, 5) is 0. The summed E-state index contributed by atoms with van der Waals surface area (Å²) >= 11 is 0. The van der Waals surface area contributed by atoms with Gasteiger partial charge >= 0.3 is 0 Å². The number of phenols is 1. The summed E-state index contributed by atoms with van der Waals surface area (Å²) < 4.78 is 0. The molecule has 1 nitrogen and oxygen atoms in total. The van der Waals surface area contributed by atoms with Crippen molar-refractivity contribution in [2.75, 3.05) is 0 Å². The maximum absolute atomic E-state index is 10.0. The van der Waals surface area contributed by atoms with Gasteiger partial charge in [0.15, 0.2) is 0 Å². The van der Waals surface area contributed by atoms with Gasteiger partial charge in [0.05, 0.1) is 0 Å². The average Bonchev–Trinajstić information content (AvgIpc) is 2.33. The maximum atomic E-state index is 10.0. The van der Waals surface area contributed by atoms with Crippen LogP contribution in [0.5, 0.6) is 5.75 Å². The molecule has 0 bridgehead atoms. The Kier molecular flexibility index (Phi) is 1.87. The second-order valence-corrected chi connectivity index (χ2v) is 4.11. The minimum Gasteiger partial charge on any atom is -0.507 e. The van der Waals surface area contributed by atoms with Crippen LogP contribution < -0.4 is 0 Å². The Morgan fingerprint density at radius 3 is 2.38 bits per heavy atom. The zero-order valence-electron chi connectivity index (χ0n) is 9.07. The highest BCUT2D eigenvalue weighted by Gasteiger charge is 2.05. The van der Waals surface area contributed by atoms with Crippen LogP contribution in [0.3, 0.4) is 0 Å². The second kappa shape index (κ2) is 3.24. The molecule has 0 spiro atoms. The molecule has 0 saturated carbocycles. The lowest BCUT2D eigenvalue weighted by atomic mass is 10.00. The van der Waals surface area contributed by atoms with Crippen molar-refractivity contribution in [3.63, 3.8) is 0 Å². The molecule has 0 saturated heterocycles. The van der Waals surface area contributed by atoms with E-state index in [2.05, 4.69) is 24.3 Å². The van der Waals surface area contributed by atoms with Crippen molar-refractivity contribution in [3.05, 3.63) is 54.1 Å². The first-order chi connectivity index (χ1) is 7.77. The summed E-state index contributed by atoms with van der Waals surface area (Å²) in [6, 6.07) is 16.3. The molecule has 0 unspecified atom stereocenters. The molecule has 0 atom stereocenters. The van der Waals surface area contributed by atoms with Crippen molar-refractivity contribution < 1.29 is 5.11 Å². The Labute approximate surface area is 94.0 Å². The predicted molar refractivity (Wildman–Crippen MR) is 67.9 cm³/mol. The minimum absolute atomic E-state index is 0.392. The third-order valence-electron chi connectivity index (χ3n) is 3.10. The van der Waals surface area contributed by atoms with Crippen LogP contribution in [0.15, 0.2) is 48.5 Å². The summed E-state index contributed by atoms with van der Waals surface area (Å²) in [5.41, 5.74) is 0.919. The van der Waals surface area contributed by atoms with Gasteiger partial charge in [0.25, 0.3) is 0 Å². The monoisotopic (exact) mass is 208 g/mol. The van der Waals surface area contributed by atoms with Gasteiger partial charge in [0, 0.05) is 5.39 Å². The highest BCUT2D eigenvalue weighted by Crippen LogP contribution is 2.32. The first-order valence-corrected chi connectivity index (χ1v) is 5.37.